The van der Waals surface area contributed by atoms with E-state index < -0.39 is 23.5 Å². The van der Waals surface area contributed by atoms with Crippen molar-refractivity contribution in [2.75, 3.05) is 0 Å². The van der Waals surface area contributed by atoms with Crippen LogP contribution < -0.4 is 0 Å². The van der Waals surface area contributed by atoms with E-state index in [2.05, 4.69) is 4.74 Å². The standard InChI is InChI=1S/C9H12O5/c1-3-5-7(11)9(13)14-8(12)6(10)4-2/h3-5H2,1-2H3. The lowest BCUT2D eigenvalue weighted by Gasteiger charge is -1.98. The molecular formula is C9H12O5. The Bertz CT molecular complexity index is 266. The second-order valence-electron chi connectivity index (χ2n) is 2.63. The lowest BCUT2D eigenvalue weighted by molar-refractivity contribution is -0.167. The van der Waals surface area contributed by atoms with Gasteiger partial charge in [0.1, 0.15) is 0 Å². The fourth-order valence-corrected chi connectivity index (χ4v) is 0.671. The van der Waals surface area contributed by atoms with E-state index in [1.54, 1.807) is 6.92 Å². The number of ketones is 2. The Hall–Kier alpha value is -1.52. The molecule has 0 aliphatic heterocycles. The van der Waals surface area contributed by atoms with Gasteiger partial charge in [-0.05, 0) is 6.42 Å². The predicted octanol–water partition coefficient (Wildman–Crippen LogP) is 0.404. The van der Waals surface area contributed by atoms with Crippen molar-refractivity contribution in [1.29, 1.82) is 0 Å². The third-order valence-electron chi connectivity index (χ3n) is 1.44. The number of carbonyl (C=O) groups is 4. The average Bonchev–Trinajstić information content (AvgIpc) is 2.16. The Morgan fingerprint density at radius 1 is 0.929 bits per heavy atom. The Kier molecular flexibility index (Phi) is 5.36. The SMILES string of the molecule is CCCC(=O)C(=O)OC(=O)C(=O)CC. The first kappa shape index (κ1) is 12.5. The molecule has 0 N–H and O–H groups in total. The summed E-state index contributed by atoms with van der Waals surface area (Å²) in [6.07, 6.45) is 0.463. The van der Waals surface area contributed by atoms with Crippen LogP contribution in [0.4, 0.5) is 0 Å². The van der Waals surface area contributed by atoms with E-state index in [9.17, 15) is 19.2 Å². The van der Waals surface area contributed by atoms with Crippen LogP contribution in [0.1, 0.15) is 33.1 Å². The van der Waals surface area contributed by atoms with Gasteiger partial charge in [0, 0.05) is 12.8 Å². The van der Waals surface area contributed by atoms with Crippen LogP contribution in [0.3, 0.4) is 0 Å². The maximum absolute atomic E-state index is 10.9. The first-order valence-electron chi connectivity index (χ1n) is 4.35. The van der Waals surface area contributed by atoms with E-state index in [0.717, 1.165) is 0 Å². The van der Waals surface area contributed by atoms with Gasteiger partial charge in [-0.25, -0.2) is 9.59 Å². The average molecular weight is 200 g/mol. The molecule has 0 amide bonds. The van der Waals surface area contributed by atoms with Crippen molar-refractivity contribution >= 4 is 23.5 Å². The number of ether oxygens (including phenoxy) is 1. The molecule has 0 heterocycles. The minimum absolute atomic E-state index is 0.0203. The number of hydrogen-bond donors (Lipinski definition) is 0. The van der Waals surface area contributed by atoms with Gasteiger partial charge in [-0.3, -0.25) is 9.59 Å². The van der Waals surface area contributed by atoms with Gasteiger partial charge in [0.25, 0.3) is 0 Å². The van der Waals surface area contributed by atoms with Crippen LogP contribution in [0.25, 0.3) is 0 Å². The minimum Gasteiger partial charge on any atom is -0.381 e. The molecule has 0 spiro atoms. The molecule has 0 aromatic rings. The maximum Gasteiger partial charge on any atom is 0.382 e. The smallest absolute Gasteiger partial charge is 0.381 e. The Balaban J connectivity index is 4.13. The van der Waals surface area contributed by atoms with Gasteiger partial charge in [0.05, 0.1) is 0 Å². The number of hydrogen-bond acceptors (Lipinski definition) is 5. The second kappa shape index (κ2) is 6.01. The van der Waals surface area contributed by atoms with Crippen LogP contribution in [0, 0.1) is 0 Å². The summed E-state index contributed by atoms with van der Waals surface area (Å²) in [6.45, 7) is 3.17. The van der Waals surface area contributed by atoms with Gasteiger partial charge in [-0.1, -0.05) is 13.8 Å². The third kappa shape index (κ3) is 3.93. The summed E-state index contributed by atoms with van der Waals surface area (Å²) >= 11 is 0. The van der Waals surface area contributed by atoms with Gasteiger partial charge < -0.3 is 4.74 Å². The predicted molar refractivity (Wildman–Crippen MR) is 46.3 cm³/mol. The lowest BCUT2D eigenvalue weighted by atomic mass is 10.2. The first-order valence-corrected chi connectivity index (χ1v) is 4.35. The molecule has 0 radical (unpaired) electrons. The Morgan fingerprint density at radius 3 is 1.86 bits per heavy atom. The lowest BCUT2D eigenvalue weighted by Crippen LogP contribution is -2.25. The van der Waals surface area contributed by atoms with Gasteiger partial charge in [-0.2, -0.15) is 0 Å². The molecule has 0 bridgehead atoms. The van der Waals surface area contributed by atoms with Crippen LogP contribution in [0.5, 0.6) is 0 Å². The zero-order valence-corrected chi connectivity index (χ0v) is 8.16. The van der Waals surface area contributed by atoms with Crippen molar-refractivity contribution < 1.29 is 23.9 Å². The zero-order chi connectivity index (χ0) is 11.1. The summed E-state index contributed by atoms with van der Waals surface area (Å²) < 4.78 is 4.04. The molecular weight excluding hydrogens is 188 g/mol. The van der Waals surface area contributed by atoms with E-state index in [0.29, 0.717) is 6.42 Å². The van der Waals surface area contributed by atoms with Crippen LogP contribution in [-0.4, -0.2) is 23.5 Å². The summed E-state index contributed by atoms with van der Waals surface area (Å²) in [6, 6.07) is 0. The van der Waals surface area contributed by atoms with Crippen LogP contribution in [0.2, 0.25) is 0 Å². The maximum atomic E-state index is 10.9. The molecule has 5 nitrogen and oxygen atoms in total. The van der Waals surface area contributed by atoms with E-state index >= 15 is 0 Å². The fourth-order valence-electron chi connectivity index (χ4n) is 0.671. The summed E-state index contributed by atoms with van der Waals surface area (Å²) in [5.41, 5.74) is 0. The summed E-state index contributed by atoms with van der Waals surface area (Å²) in [7, 11) is 0. The molecule has 0 unspecified atom stereocenters. The molecule has 14 heavy (non-hydrogen) atoms. The highest BCUT2D eigenvalue weighted by molar-refractivity contribution is 6.42. The van der Waals surface area contributed by atoms with Crippen molar-refractivity contribution in [3.8, 4) is 0 Å². The van der Waals surface area contributed by atoms with Crippen molar-refractivity contribution in [3.05, 3.63) is 0 Å². The largest absolute Gasteiger partial charge is 0.382 e. The minimum atomic E-state index is -1.26. The summed E-state index contributed by atoms with van der Waals surface area (Å²) in [4.78, 5) is 43.1. The van der Waals surface area contributed by atoms with E-state index in [4.69, 9.17) is 0 Å². The Morgan fingerprint density at radius 2 is 1.43 bits per heavy atom. The molecule has 0 rings (SSSR count). The zero-order valence-electron chi connectivity index (χ0n) is 8.16. The van der Waals surface area contributed by atoms with E-state index in [1.165, 1.54) is 6.92 Å². The molecule has 0 saturated heterocycles. The van der Waals surface area contributed by atoms with Crippen LogP contribution in [0.15, 0.2) is 0 Å². The molecule has 5 heteroatoms. The molecule has 0 atom stereocenters. The quantitative estimate of drug-likeness (QED) is 0.365. The van der Waals surface area contributed by atoms with Crippen molar-refractivity contribution in [1.82, 2.24) is 0 Å². The molecule has 0 aliphatic carbocycles. The van der Waals surface area contributed by atoms with Gasteiger partial charge in [0.2, 0.25) is 11.6 Å². The van der Waals surface area contributed by atoms with Crippen LogP contribution >= 0.6 is 0 Å². The highest BCUT2D eigenvalue weighted by Crippen LogP contribution is 1.94. The number of carbonyl (C=O) groups excluding carboxylic acids is 4. The van der Waals surface area contributed by atoms with Gasteiger partial charge in [0.15, 0.2) is 0 Å². The van der Waals surface area contributed by atoms with Gasteiger partial charge >= 0.3 is 11.9 Å². The number of esters is 2. The highest BCUT2D eigenvalue weighted by atomic mass is 16.6. The molecule has 78 valence electrons. The molecule has 0 aliphatic rings. The molecule has 0 saturated carbocycles. The summed E-state index contributed by atoms with van der Waals surface area (Å²) in [5, 5.41) is 0. The van der Waals surface area contributed by atoms with Crippen LogP contribution in [-0.2, 0) is 23.9 Å². The number of rotatable bonds is 5. The fraction of sp³-hybridized carbons (Fsp3) is 0.556. The molecule has 0 aromatic heterocycles. The topological polar surface area (TPSA) is 77.5 Å². The third-order valence-corrected chi connectivity index (χ3v) is 1.44. The normalized spacial score (nSPS) is 9.29. The van der Waals surface area contributed by atoms with Gasteiger partial charge in [-0.15, -0.1) is 0 Å². The molecule has 0 fully saturated rings. The molecule has 0 aromatic carbocycles. The number of Topliss-reactive ketones (excluding diaryl/α,β-unsaturated/α-hetero) is 2. The summed E-state index contributed by atoms with van der Waals surface area (Å²) in [5.74, 6) is -4.12. The highest BCUT2D eigenvalue weighted by Gasteiger charge is 2.22. The van der Waals surface area contributed by atoms with Crippen molar-refractivity contribution in [3.63, 3.8) is 0 Å². The second-order valence-corrected chi connectivity index (χ2v) is 2.63. The van der Waals surface area contributed by atoms with E-state index in [-0.39, 0.29) is 12.8 Å². The monoisotopic (exact) mass is 200 g/mol. The Labute approximate surface area is 81.4 Å². The van der Waals surface area contributed by atoms with Crippen molar-refractivity contribution in [2.45, 2.75) is 33.1 Å². The van der Waals surface area contributed by atoms with Crippen molar-refractivity contribution in [2.24, 2.45) is 0 Å². The first-order chi connectivity index (χ1) is 6.52. The van der Waals surface area contributed by atoms with E-state index in [1.807, 2.05) is 0 Å².